The highest BCUT2D eigenvalue weighted by Gasteiger charge is 2.30. The molecule has 0 aliphatic carbocycles. The second-order valence-electron chi connectivity index (χ2n) is 5.33. The molecule has 1 aliphatic rings. The number of hydrogen-bond acceptors (Lipinski definition) is 3. The van der Waals surface area contributed by atoms with Crippen molar-refractivity contribution < 1.29 is 4.79 Å². The predicted octanol–water partition coefficient (Wildman–Crippen LogP) is 4.10. The van der Waals surface area contributed by atoms with Gasteiger partial charge in [0.2, 0.25) is 5.91 Å². The van der Waals surface area contributed by atoms with Gasteiger partial charge in [-0.05, 0) is 16.3 Å². The summed E-state index contributed by atoms with van der Waals surface area (Å²) in [5.41, 5.74) is 1.67. The Bertz CT molecular complexity index is 843. The van der Waals surface area contributed by atoms with Crippen molar-refractivity contribution >= 4 is 28.4 Å². The predicted molar refractivity (Wildman–Crippen MR) is 94.7 cm³/mol. The number of allylic oxidation sites excluding steroid dienone is 1. The number of carbonyl (C=O) groups excluding carboxylic acids is 1. The third kappa shape index (κ3) is 3.01. The topological polar surface area (TPSA) is 52.9 Å². The Morgan fingerprint density at radius 3 is 2.87 bits per heavy atom. The van der Waals surface area contributed by atoms with Gasteiger partial charge in [-0.3, -0.25) is 4.79 Å². The van der Waals surface area contributed by atoms with Crippen molar-refractivity contribution in [1.29, 1.82) is 5.26 Å². The molecule has 0 spiro atoms. The van der Waals surface area contributed by atoms with Crippen LogP contribution in [0.5, 0.6) is 0 Å². The van der Waals surface area contributed by atoms with Crippen molar-refractivity contribution in [2.75, 3.05) is 5.75 Å². The number of amides is 1. The molecule has 1 unspecified atom stereocenters. The smallest absolute Gasteiger partial charge is 0.225 e. The summed E-state index contributed by atoms with van der Waals surface area (Å²) in [5.74, 6) is 0.406. The average Bonchev–Trinajstić information content (AvgIpc) is 2.59. The van der Waals surface area contributed by atoms with Crippen LogP contribution >= 0.6 is 11.8 Å². The summed E-state index contributed by atoms with van der Waals surface area (Å²) in [4.78, 5) is 12.1. The molecule has 3 nitrogen and oxygen atoms in total. The van der Waals surface area contributed by atoms with Gasteiger partial charge in [0, 0.05) is 18.1 Å². The maximum atomic E-state index is 12.1. The van der Waals surface area contributed by atoms with Crippen LogP contribution in [0.3, 0.4) is 0 Å². The van der Waals surface area contributed by atoms with Gasteiger partial charge in [0.1, 0.15) is 0 Å². The lowest BCUT2D eigenvalue weighted by atomic mass is 9.84. The van der Waals surface area contributed by atoms with E-state index in [2.05, 4.69) is 18.0 Å². The molecule has 0 radical (unpaired) electrons. The zero-order valence-corrected chi connectivity index (χ0v) is 13.4. The molecule has 0 aromatic heterocycles. The zero-order chi connectivity index (χ0) is 16.2. The fourth-order valence-electron chi connectivity index (χ4n) is 2.90. The summed E-state index contributed by atoms with van der Waals surface area (Å²) in [6.45, 7) is 3.69. The molecular weight excluding hydrogens is 304 g/mol. The van der Waals surface area contributed by atoms with E-state index in [1.54, 1.807) is 6.08 Å². The Balaban J connectivity index is 2.14. The maximum Gasteiger partial charge on any atom is 0.225 e. The first-order chi connectivity index (χ1) is 11.2. The van der Waals surface area contributed by atoms with Crippen molar-refractivity contribution in [1.82, 2.24) is 5.32 Å². The molecule has 4 heteroatoms. The van der Waals surface area contributed by atoms with Crippen LogP contribution in [0.25, 0.3) is 10.8 Å². The van der Waals surface area contributed by atoms with Gasteiger partial charge >= 0.3 is 0 Å². The van der Waals surface area contributed by atoms with E-state index in [1.165, 1.54) is 11.8 Å². The molecule has 1 atom stereocenters. The Labute approximate surface area is 139 Å². The molecule has 114 valence electrons. The number of nitriles is 1. The number of hydrogen-bond donors (Lipinski definition) is 1. The third-order valence-electron chi connectivity index (χ3n) is 3.90. The van der Waals surface area contributed by atoms with Crippen molar-refractivity contribution in [3.05, 3.63) is 71.3 Å². The standard InChI is InChI=1S/C19H16N2OS/c1-2-10-23-19-17(12-20)16(11-18(22)21-19)15-9-5-7-13-6-3-4-8-14(13)15/h2-9,16H,1,10-11H2,(H,21,22). The first kappa shape index (κ1) is 15.4. The van der Waals surface area contributed by atoms with Gasteiger partial charge in [0.05, 0.1) is 16.7 Å². The van der Waals surface area contributed by atoms with Crippen LogP contribution in [0.2, 0.25) is 0 Å². The highest BCUT2D eigenvalue weighted by Crippen LogP contribution is 2.38. The van der Waals surface area contributed by atoms with Gasteiger partial charge in [-0.2, -0.15) is 5.26 Å². The highest BCUT2D eigenvalue weighted by molar-refractivity contribution is 8.03. The number of nitrogens with zero attached hydrogens (tertiary/aromatic N) is 1. The Kier molecular flexibility index (Phi) is 4.50. The normalized spacial score (nSPS) is 17.7. The van der Waals surface area contributed by atoms with Gasteiger partial charge < -0.3 is 5.32 Å². The van der Waals surface area contributed by atoms with Gasteiger partial charge in [-0.25, -0.2) is 0 Å². The van der Waals surface area contributed by atoms with E-state index in [9.17, 15) is 10.1 Å². The van der Waals surface area contributed by atoms with Crippen LogP contribution in [0, 0.1) is 11.3 Å². The fourth-order valence-corrected chi connectivity index (χ4v) is 3.71. The number of carbonyl (C=O) groups is 1. The second kappa shape index (κ2) is 6.72. The van der Waals surface area contributed by atoms with E-state index in [0.29, 0.717) is 22.8 Å². The average molecular weight is 320 g/mol. The molecule has 0 saturated heterocycles. The maximum absolute atomic E-state index is 12.1. The van der Waals surface area contributed by atoms with Crippen LogP contribution in [0.1, 0.15) is 17.9 Å². The summed E-state index contributed by atoms with van der Waals surface area (Å²) < 4.78 is 0. The second-order valence-corrected chi connectivity index (χ2v) is 6.36. The first-order valence-corrected chi connectivity index (χ1v) is 8.38. The van der Waals surface area contributed by atoms with Crippen molar-refractivity contribution in [2.24, 2.45) is 0 Å². The number of rotatable bonds is 4. The van der Waals surface area contributed by atoms with Crippen LogP contribution in [-0.2, 0) is 4.79 Å². The Morgan fingerprint density at radius 1 is 1.30 bits per heavy atom. The van der Waals surface area contributed by atoms with E-state index < -0.39 is 0 Å². The highest BCUT2D eigenvalue weighted by atomic mass is 32.2. The number of fused-ring (bicyclic) bond motifs is 1. The fraction of sp³-hybridized carbons (Fsp3) is 0.158. The molecular formula is C19H16N2OS. The summed E-state index contributed by atoms with van der Waals surface area (Å²) in [6, 6.07) is 16.4. The molecule has 1 aliphatic heterocycles. The number of thioether (sulfide) groups is 1. The van der Waals surface area contributed by atoms with E-state index in [4.69, 9.17) is 0 Å². The van der Waals surface area contributed by atoms with Crippen molar-refractivity contribution in [3.8, 4) is 6.07 Å². The molecule has 1 heterocycles. The van der Waals surface area contributed by atoms with E-state index in [1.807, 2.05) is 42.5 Å². The van der Waals surface area contributed by atoms with Crippen LogP contribution in [0.4, 0.5) is 0 Å². The lowest BCUT2D eigenvalue weighted by Crippen LogP contribution is -2.31. The minimum atomic E-state index is -0.202. The van der Waals surface area contributed by atoms with E-state index in [0.717, 1.165) is 16.3 Å². The van der Waals surface area contributed by atoms with Gasteiger partial charge in [-0.1, -0.05) is 48.5 Å². The monoisotopic (exact) mass is 320 g/mol. The first-order valence-electron chi connectivity index (χ1n) is 7.40. The Hall–Kier alpha value is -2.51. The van der Waals surface area contributed by atoms with Gasteiger partial charge in [0.25, 0.3) is 0 Å². The molecule has 0 fully saturated rings. The lowest BCUT2D eigenvalue weighted by molar-refractivity contribution is -0.120. The Morgan fingerprint density at radius 2 is 2.09 bits per heavy atom. The largest absolute Gasteiger partial charge is 0.320 e. The summed E-state index contributed by atoms with van der Waals surface area (Å²) in [5, 5.41) is 15.4. The minimum Gasteiger partial charge on any atom is -0.320 e. The molecule has 1 amide bonds. The van der Waals surface area contributed by atoms with Crippen molar-refractivity contribution in [2.45, 2.75) is 12.3 Å². The number of benzene rings is 2. The van der Waals surface area contributed by atoms with Crippen LogP contribution in [-0.4, -0.2) is 11.7 Å². The molecule has 0 bridgehead atoms. The van der Waals surface area contributed by atoms with Crippen LogP contribution < -0.4 is 5.32 Å². The SMILES string of the molecule is C=CCSC1=C(C#N)C(c2cccc3ccccc23)CC(=O)N1. The van der Waals surface area contributed by atoms with E-state index in [-0.39, 0.29) is 11.8 Å². The lowest BCUT2D eigenvalue weighted by Gasteiger charge is -2.25. The third-order valence-corrected chi connectivity index (χ3v) is 4.91. The molecule has 23 heavy (non-hydrogen) atoms. The minimum absolute atomic E-state index is 0.0477. The summed E-state index contributed by atoms with van der Waals surface area (Å²) >= 11 is 1.44. The molecule has 2 aromatic rings. The quantitative estimate of drug-likeness (QED) is 0.863. The van der Waals surface area contributed by atoms with Gasteiger partial charge in [-0.15, -0.1) is 18.3 Å². The number of nitrogens with one attached hydrogen (secondary N) is 1. The molecule has 3 rings (SSSR count). The molecule has 1 N–H and O–H groups in total. The van der Waals surface area contributed by atoms with E-state index >= 15 is 0 Å². The summed E-state index contributed by atoms with van der Waals surface area (Å²) in [7, 11) is 0. The molecule has 0 saturated carbocycles. The van der Waals surface area contributed by atoms with Crippen molar-refractivity contribution in [3.63, 3.8) is 0 Å². The summed E-state index contributed by atoms with van der Waals surface area (Å²) in [6.07, 6.45) is 2.06. The van der Waals surface area contributed by atoms with Crippen LogP contribution in [0.15, 0.2) is 65.7 Å². The zero-order valence-electron chi connectivity index (χ0n) is 12.6. The van der Waals surface area contributed by atoms with Gasteiger partial charge in [0.15, 0.2) is 0 Å². The molecule has 2 aromatic carbocycles.